The van der Waals surface area contributed by atoms with Crippen molar-refractivity contribution in [2.45, 2.75) is 38.9 Å². The molecule has 0 aliphatic carbocycles. The van der Waals surface area contributed by atoms with E-state index in [0.717, 1.165) is 22.3 Å². The van der Waals surface area contributed by atoms with Crippen LogP contribution in [0.1, 0.15) is 25.0 Å². The monoisotopic (exact) mass is 526 g/mol. The van der Waals surface area contributed by atoms with Gasteiger partial charge in [-0.3, -0.25) is 0 Å². The molecule has 2 unspecified atom stereocenters. The zero-order valence-electron chi connectivity index (χ0n) is 22.2. The second-order valence-electron chi connectivity index (χ2n) is 9.57. The Morgan fingerprint density at radius 2 is 1.00 bits per heavy atom. The molecule has 200 valence electrons. The minimum absolute atomic E-state index is 0.146. The van der Waals surface area contributed by atoms with Crippen LogP contribution in [0, 0.1) is 11.6 Å². The van der Waals surface area contributed by atoms with E-state index in [-0.39, 0.29) is 23.7 Å². The molecule has 0 saturated carbocycles. The van der Waals surface area contributed by atoms with Crippen molar-refractivity contribution >= 4 is 0 Å². The average molecular weight is 527 g/mol. The third-order valence-electron chi connectivity index (χ3n) is 6.20. The van der Waals surface area contributed by atoms with Crippen LogP contribution < -0.4 is 9.47 Å². The normalized spacial score (nSPS) is 12.4. The van der Waals surface area contributed by atoms with Crippen molar-refractivity contribution in [3.05, 3.63) is 144 Å². The largest absolute Gasteiger partial charge is 0.454 e. The summed E-state index contributed by atoms with van der Waals surface area (Å²) in [6.07, 6.45) is 0.219. The van der Waals surface area contributed by atoms with Crippen molar-refractivity contribution in [2.75, 3.05) is 0 Å². The summed E-state index contributed by atoms with van der Waals surface area (Å²) in [6, 6.07) is 27.8. The van der Waals surface area contributed by atoms with Gasteiger partial charge in [-0.1, -0.05) is 72.8 Å². The second kappa shape index (κ2) is 13.0. The second-order valence-corrected chi connectivity index (χ2v) is 9.57. The molecule has 0 saturated heterocycles. The minimum atomic E-state index is -0.444. The maximum absolute atomic E-state index is 14.5. The lowest BCUT2D eigenvalue weighted by Crippen LogP contribution is -2.27. The van der Waals surface area contributed by atoms with E-state index in [1.165, 1.54) is 12.1 Å². The average Bonchev–Trinajstić information content (AvgIpc) is 2.92. The molecule has 0 N–H and O–H groups in total. The van der Waals surface area contributed by atoms with Crippen LogP contribution in [0.2, 0.25) is 0 Å². The van der Waals surface area contributed by atoms with Crippen molar-refractivity contribution < 1.29 is 23.0 Å². The minimum Gasteiger partial charge on any atom is -0.454 e. The Kier molecular flexibility index (Phi) is 9.29. The summed E-state index contributed by atoms with van der Waals surface area (Å²) < 4.78 is 47.0. The van der Waals surface area contributed by atoms with Crippen LogP contribution in [0.15, 0.2) is 121 Å². The number of ether oxygens (including phenoxy) is 3. The van der Waals surface area contributed by atoms with Crippen LogP contribution in [-0.2, 0) is 17.6 Å². The van der Waals surface area contributed by atoms with Crippen LogP contribution in [0.3, 0.4) is 0 Å². The Bertz CT molecular complexity index is 1310. The van der Waals surface area contributed by atoms with Crippen molar-refractivity contribution in [3.8, 4) is 23.0 Å². The zero-order valence-corrected chi connectivity index (χ0v) is 22.2. The molecule has 0 bridgehead atoms. The van der Waals surface area contributed by atoms with E-state index in [0.29, 0.717) is 24.3 Å². The SMILES string of the molecule is C=C(C)C(Cc1ccc(F)c(Oc2ccccc2)c1)OC(Cc1ccc(F)c(Oc2ccccc2)c1)C(=C)C. The van der Waals surface area contributed by atoms with Gasteiger partial charge in [0, 0.05) is 12.8 Å². The van der Waals surface area contributed by atoms with Crippen LogP contribution in [0.4, 0.5) is 8.78 Å². The molecule has 2 atom stereocenters. The lowest BCUT2D eigenvalue weighted by Gasteiger charge is -2.26. The van der Waals surface area contributed by atoms with Gasteiger partial charge in [0.1, 0.15) is 11.5 Å². The Hall–Kier alpha value is -4.22. The highest BCUT2D eigenvalue weighted by molar-refractivity contribution is 5.37. The van der Waals surface area contributed by atoms with Gasteiger partial charge in [-0.25, -0.2) is 8.78 Å². The molecule has 0 amide bonds. The topological polar surface area (TPSA) is 27.7 Å². The third kappa shape index (κ3) is 7.88. The lowest BCUT2D eigenvalue weighted by atomic mass is 10.00. The Morgan fingerprint density at radius 1 is 0.615 bits per heavy atom. The van der Waals surface area contributed by atoms with Gasteiger partial charge in [-0.05, 0) is 73.5 Å². The fraction of sp³-hybridized carbons (Fsp3) is 0.176. The van der Waals surface area contributed by atoms with E-state index in [9.17, 15) is 8.78 Å². The third-order valence-corrected chi connectivity index (χ3v) is 6.20. The van der Waals surface area contributed by atoms with Crippen LogP contribution >= 0.6 is 0 Å². The molecular weight excluding hydrogens is 494 g/mol. The molecule has 0 aliphatic rings. The predicted octanol–water partition coefficient (Wildman–Crippen LogP) is 9.24. The summed E-state index contributed by atoms with van der Waals surface area (Å²) in [5.74, 6) is 0.512. The summed E-state index contributed by atoms with van der Waals surface area (Å²) in [7, 11) is 0. The Balaban J connectivity index is 1.49. The molecule has 39 heavy (non-hydrogen) atoms. The van der Waals surface area contributed by atoms with E-state index in [2.05, 4.69) is 13.2 Å². The van der Waals surface area contributed by atoms with Gasteiger partial charge in [-0.2, -0.15) is 0 Å². The van der Waals surface area contributed by atoms with E-state index in [1.54, 1.807) is 48.5 Å². The van der Waals surface area contributed by atoms with Gasteiger partial charge < -0.3 is 14.2 Å². The van der Waals surface area contributed by atoms with Crippen LogP contribution in [-0.4, -0.2) is 12.2 Å². The van der Waals surface area contributed by atoms with Gasteiger partial charge in [-0.15, -0.1) is 0 Å². The molecule has 3 nitrogen and oxygen atoms in total. The highest BCUT2D eigenvalue weighted by Gasteiger charge is 2.21. The smallest absolute Gasteiger partial charge is 0.165 e. The predicted molar refractivity (Wildman–Crippen MR) is 152 cm³/mol. The number of rotatable bonds is 12. The summed E-state index contributed by atoms with van der Waals surface area (Å²) in [6.45, 7) is 12.0. The number of halogens is 2. The zero-order chi connectivity index (χ0) is 27.8. The summed E-state index contributed by atoms with van der Waals surface area (Å²) in [5, 5.41) is 0. The van der Waals surface area contributed by atoms with Gasteiger partial charge in [0.25, 0.3) is 0 Å². The Labute approximate surface area is 229 Å². The fourth-order valence-electron chi connectivity index (χ4n) is 4.04. The molecular formula is C34H32F2O3. The van der Waals surface area contributed by atoms with Crippen molar-refractivity contribution in [1.82, 2.24) is 0 Å². The molecule has 4 rings (SSSR count). The summed E-state index contributed by atoms with van der Waals surface area (Å²) >= 11 is 0. The van der Waals surface area contributed by atoms with Crippen molar-refractivity contribution in [2.24, 2.45) is 0 Å². The Morgan fingerprint density at radius 3 is 1.36 bits per heavy atom. The molecule has 0 aliphatic heterocycles. The molecule has 4 aromatic carbocycles. The number of benzene rings is 4. The summed E-state index contributed by atoms with van der Waals surface area (Å²) in [5.41, 5.74) is 3.33. The van der Waals surface area contributed by atoms with Gasteiger partial charge in [0.05, 0.1) is 12.2 Å². The summed E-state index contributed by atoms with van der Waals surface area (Å²) in [4.78, 5) is 0. The quantitative estimate of drug-likeness (QED) is 0.172. The lowest BCUT2D eigenvalue weighted by molar-refractivity contribution is 0.0293. The number of hydrogen-bond acceptors (Lipinski definition) is 3. The first-order valence-corrected chi connectivity index (χ1v) is 12.8. The first-order chi connectivity index (χ1) is 18.8. The van der Waals surface area contributed by atoms with E-state index < -0.39 is 11.6 Å². The number of hydrogen-bond donors (Lipinski definition) is 0. The van der Waals surface area contributed by atoms with Crippen LogP contribution in [0.5, 0.6) is 23.0 Å². The fourth-order valence-corrected chi connectivity index (χ4v) is 4.04. The van der Waals surface area contributed by atoms with E-state index in [1.807, 2.05) is 50.2 Å². The van der Waals surface area contributed by atoms with Gasteiger partial charge in [0.15, 0.2) is 23.1 Å². The van der Waals surface area contributed by atoms with Crippen LogP contribution in [0.25, 0.3) is 0 Å². The maximum atomic E-state index is 14.5. The van der Waals surface area contributed by atoms with E-state index >= 15 is 0 Å². The van der Waals surface area contributed by atoms with Gasteiger partial charge >= 0.3 is 0 Å². The highest BCUT2D eigenvalue weighted by atomic mass is 19.1. The highest BCUT2D eigenvalue weighted by Crippen LogP contribution is 2.29. The molecule has 0 spiro atoms. The van der Waals surface area contributed by atoms with E-state index in [4.69, 9.17) is 14.2 Å². The van der Waals surface area contributed by atoms with Crippen molar-refractivity contribution in [3.63, 3.8) is 0 Å². The molecule has 0 heterocycles. The first kappa shape index (κ1) is 27.8. The molecule has 4 aromatic rings. The first-order valence-electron chi connectivity index (χ1n) is 12.8. The molecule has 0 fully saturated rings. The molecule has 0 radical (unpaired) electrons. The van der Waals surface area contributed by atoms with Gasteiger partial charge in [0.2, 0.25) is 0 Å². The maximum Gasteiger partial charge on any atom is 0.165 e. The standard InChI is InChI=1S/C34H32F2O3/c1-23(2)31(19-25-15-17-29(35)33(21-25)37-27-11-7-5-8-12-27)39-32(24(3)4)20-26-16-18-30(36)34(22-26)38-28-13-9-6-10-14-28/h5-18,21-22,31-32H,1,3,19-20H2,2,4H3. The van der Waals surface area contributed by atoms with Crippen molar-refractivity contribution in [1.29, 1.82) is 0 Å². The molecule has 0 aromatic heterocycles. The molecule has 5 heteroatoms. The number of para-hydroxylation sites is 2.